The molecule has 1 aliphatic carbocycles. The molecule has 0 spiro atoms. The monoisotopic (exact) mass is 812 g/mol. The highest BCUT2D eigenvalue weighted by Crippen LogP contribution is 2.51. The van der Waals surface area contributed by atoms with Crippen LogP contribution in [0.2, 0.25) is 0 Å². The maximum absolute atomic E-state index is 4.92. The molecule has 2 aromatic heterocycles. The third-order valence-corrected chi connectivity index (χ3v) is 13.2. The number of benzene rings is 8. The molecule has 63 heavy (non-hydrogen) atoms. The Morgan fingerprint density at radius 2 is 1.10 bits per heavy atom. The third kappa shape index (κ3) is 6.01. The van der Waals surface area contributed by atoms with Crippen LogP contribution in [0.4, 0.5) is 39.9 Å². The first-order chi connectivity index (χ1) is 31.0. The first kappa shape index (κ1) is 36.9. The molecule has 0 fully saturated rings. The molecule has 0 saturated heterocycles. The minimum absolute atomic E-state index is 0.112. The number of nitrogens with zero attached hydrogens (tertiary/aromatic N) is 6. The smallest absolute Gasteiger partial charge is 0.160 e. The average Bonchev–Trinajstić information content (AvgIpc) is 3.80. The number of fused-ring (bicyclic) bond motifs is 7. The predicted octanol–water partition coefficient (Wildman–Crippen LogP) is 14.3. The maximum atomic E-state index is 4.92. The van der Waals surface area contributed by atoms with Crippen molar-refractivity contribution in [2.24, 2.45) is 0 Å². The fourth-order valence-corrected chi connectivity index (χ4v) is 10.1. The minimum Gasteiger partial charge on any atom is -0.335 e. The van der Waals surface area contributed by atoms with Crippen LogP contribution < -0.4 is 14.7 Å². The lowest BCUT2D eigenvalue weighted by Gasteiger charge is -2.37. The summed E-state index contributed by atoms with van der Waals surface area (Å²) in [5.41, 5.74) is 17.7. The number of rotatable bonds is 7. The molecule has 0 N–H and O–H groups in total. The van der Waals surface area contributed by atoms with E-state index in [1.807, 2.05) is 6.20 Å². The zero-order valence-electron chi connectivity index (χ0n) is 35.2. The quantitative estimate of drug-likeness (QED) is 0.160. The van der Waals surface area contributed by atoms with E-state index in [0.29, 0.717) is 0 Å². The molecule has 2 aliphatic rings. The van der Waals surface area contributed by atoms with Gasteiger partial charge in [0.2, 0.25) is 0 Å². The molecule has 0 radical (unpaired) electrons. The van der Waals surface area contributed by atoms with E-state index in [1.54, 1.807) is 6.33 Å². The molecule has 0 unspecified atom stereocenters. The van der Waals surface area contributed by atoms with Crippen molar-refractivity contribution in [1.29, 1.82) is 0 Å². The Labute approximate surface area is 367 Å². The first-order valence-corrected chi connectivity index (χ1v) is 21.8. The van der Waals surface area contributed by atoms with Crippen LogP contribution in [0, 0.1) is 0 Å². The van der Waals surface area contributed by atoms with Crippen LogP contribution >= 0.6 is 0 Å². The fraction of sp³-hybridized carbons (Fsp3) is 0.0877. The van der Waals surface area contributed by atoms with E-state index < -0.39 is 0 Å². The van der Waals surface area contributed by atoms with Gasteiger partial charge in [-0.1, -0.05) is 123 Å². The van der Waals surface area contributed by atoms with Gasteiger partial charge in [-0.15, -0.1) is 0 Å². The largest absolute Gasteiger partial charge is 0.335 e. The van der Waals surface area contributed by atoms with Crippen LogP contribution in [0.1, 0.15) is 25.0 Å². The minimum atomic E-state index is -0.112. The summed E-state index contributed by atoms with van der Waals surface area (Å²) in [6.07, 6.45) is 3.61. The Morgan fingerprint density at radius 3 is 1.90 bits per heavy atom. The van der Waals surface area contributed by atoms with Crippen molar-refractivity contribution in [2.45, 2.75) is 19.3 Å². The van der Waals surface area contributed by atoms with Gasteiger partial charge in [0.05, 0.1) is 17.2 Å². The van der Waals surface area contributed by atoms with Crippen LogP contribution in [-0.2, 0) is 5.41 Å². The molecule has 302 valence electrons. The zero-order chi connectivity index (χ0) is 42.1. The second-order valence-electron chi connectivity index (χ2n) is 17.1. The second-order valence-corrected chi connectivity index (χ2v) is 17.1. The van der Waals surface area contributed by atoms with E-state index in [4.69, 9.17) is 4.98 Å². The van der Waals surface area contributed by atoms with Crippen LogP contribution in [0.3, 0.4) is 0 Å². The van der Waals surface area contributed by atoms with E-state index in [1.165, 1.54) is 55.2 Å². The molecule has 1 aliphatic heterocycles. The van der Waals surface area contributed by atoms with Crippen LogP contribution in [0.5, 0.6) is 0 Å². The summed E-state index contributed by atoms with van der Waals surface area (Å²) in [7, 11) is 0. The van der Waals surface area contributed by atoms with Crippen LogP contribution in [0.25, 0.3) is 49.7 Å². The number of hydrogen-bond acceptors (Lipinski definition) is 5. The summed E-state index contributed by atoms with van der Waals surface area (Å²) in [6.45, 7) is 6.23. The Bertz CT molecular complexity index is 3320. The summed E-state index contributed by atoms with van der Waals surface area (Å²) in [5.74, 6) is 0.897. The lowest BCUT2D eigenvalue weighted by molar-refractivity contribution is 0.660. The molecule has 0 saturated carbocycles. The summed E-state index contributed by atoms with van der Waals surface area (Å²) < 4.78 is 2.36. The third-order valence-electron chi connectivity index (χ3n) is 13.2. The summed E-state index contributed by atoms with van der Waals surface area (Å²) in [4.78, 5) is 16.5. The SMILES string of the molecule is CC1(C)c2ccccc2-c2ccc(N(c3ccc(-c4ccccc4)cc3)c3ccc(N4CCN(c5ccc6c(c5)c5ccccc5n6-c5ccccc5)c5ncncc54)cc3)cc21. The second kappa shape index (κ2) is 14.6. The molecule has 8 aromatic carbocycles. The van der Waals surface area contributed by atoms with E-state index in [2.05, 4.69) is 232 Å². The highest BCUT2D eigenvalue weighted by atomic mass is 15.3. The molecule has 3 heterocycles. The van der Waals surface area contributed by atoms with Gasteiger partial charge in [-0.25, -0.2) is 9.97 Å². The Kier molecular flexibility index (Phi) is 8.54. The Morgan fingerprint density at radius 1 is 0.476 bits per heavy atom. The maximum Gasteiger partial charge on any atom is 0.160 e. The lowest BCUT2D eigenvalue weighted by atomic mass is 9.82. The van der Waals surface area contributed by atoms with Gasteiger partial charge in [0.15, 0.2) is 5.82 Å². The van der Waals surface area contributed by atoms with Crippen molar-refractivity contribution < 1.29 is 0 Å². The molecule has 10 aromatic rings. The number of anilines is 7. The van der Waals surface area contributed by atoms with Crippen molar-refractivity contribution >= 4 is 61.7 Å². The van der Waals surface area contributed by atoms with Gasteiger partial charge < -0.3 is 19.3 Å². The molecule has 0 amide bonds. The van der Waals surface area contributed by atoms with Crippen LogP contribution in [0.15, 0.2) is 207 Å². The normalized spacial score (nSPS) is 13.8. The summed E-state index contributed by atoms with van der Waals surface area (Å²) >= 11 is 0. The number of para-hydroxylation sites is 2. The van der Waals surface area contributed by atoms with Gasteiger partial charge in [-0.2, -0.15) is 0 Å². The summed E-state index contributed by atoms with van der Waals surface area (Å²) in [5, 5.41) is 2.45. The fourth-order valence-electron chi connectivity index (χ4n) is 10.1. The van der Waals surface area contributed by atoms with Crippen molar-refractivity contribution in [1.82, 2.24) is 14.5 Å². The van der Waals surface area contributed by atoms with E-state index in [-0.39, 0.29) is 5.41 Å². The van der Waals surface area contributed by atoms with Crippen molar-refractivity contribution in [3.8, 4) is 27.9 Å². The molecular weight excluding hydrogens is 769 g/mol. The predicted molar refractivity (Wildman–Crippen MR) is 261 cm³/mol. The highest BCUT2D eigenvalue weighted by Gasteiger charge is 2.36. The number of aromatic nitrogens is 3. The van der Waals surface area contributed by atoms with Gasteiger partial charge in [0, 0.05) is 63.4 Å². The molecule has 0 atom stereocenters. The summed E-state index contributed by atoms with van der Waals surface area (Å²) in [6, 6.07) is 70.5. The molecule has 6 heteroatoms. The first-order valence-electron chi connectivity index (χ1n) is 21.8. The molecular formula is C57H44N6. The highest BCUT2D eigenvalue weighted by molar-refractivity contribution is 6.10. The van der Waals surface area contributed by atoms with Gasteiger partial charge in [-0.3, -0.25) is 0 Å². The van der Waals surface area contributed by atoms with Gasteiger partial charge in [-0.05, 0) is 118 Å². The van der Waals surface area contributed by atoms with E-state index >= 15 is 0 Å². The van der Waals surface area contributed by atoms with Gasteiger partial charge in [0.1, 0.15) is 12.0 Å². The Balaban J connectivity index is 0.901. The molecule has 0 bridgehead atoms. The molecule has 12 rings (SSSR count). The van der Waals surface area contributed by atoms with Crippen molar-refractivity contribution in [2.75, 3.05) is 27.8 Å². The topological polar surface area (TPSA) is 40.4 Å². The van der Waals surface area contributed by atoms with Gasteiger partial charge in [0.25, 0.3) is 0 Å². The average molecular weight is 813 g/mol. The Hall–Kier alpha value is -7.96. The standard InChI is InChI=1S/C57H44N6/c1-57(2)51-19-11-9-17-47(51)48-31-29-46(36-52(48)57)62(43-23-21-40(22-24-43)39-13-5-3-6-14-39)44-27-25-41(26-28-44)60-33-34-61(56-55(60)37-58-38-59-56)45-30-32-54-50(35-45)49-18-10-12-20-53(49)63(54)42-15-7-4-8-16-42/h3-32,35-38H,33-34H2,1-2H3. The van der Waals surface area contributed by atoms with E-state index in [0.717, 1.165) is 58.7 Å². The van der Waals surface area contributed by atoms with Crippen molar-refractivity contribution in [3.05, 3.63) is 218 Å². The van der Waals surface area contributed by atoms with Gasteiger partial charge >= 0.3 is 0 Å². The zero-order valence-corrected chi connectivity index (χ0v) is 35.2. The van der Waals surface area contributed by atoms with Crippen molar-refractivity contribution in [3.63, 3.8) is 0 Å². The van der Waals surface area contributed by atoms with Crippen LogP contribution in [-0.4, -0.2) is 27.6 Å². The lowest BCUT2D eigenvalue weighted by Crippen LogP contribution is -2.37. The molecule has 6 nitrogen and oxygen atoms in total. The van der Waals surface area contributed by atoms with E-state index in [9.17, 15) is 0 Å². The number of hydrogen-bond donors (Lipinski definition) is 0.